The second-order valence-corrected chi connectivity index (χ2v) is 7.24. The van der Waals surface area contributed by atoms with E-state index in [1.165, 1.54) is 19.3 Å². The first-order valence-electron chi connectivity index (χ1n) is 8.00. The van der Waals surface area contributed by atoms with Crippen LogP contribution in [0.25, 0.3) is 0 Å². The van der Waals surface area contributed by atoms with Gasteiger partial charge in [0.2, 0.25) is 5.91 Å². The lowest BCUT2D eigenvalue weighted by atomic mass is 9.83. The summed E-state index contributed by atoms with van der Waals surface area (Å²) in [5.74, 6) is 0.0202. The summed E-state index contributed by atoms with van der Waals surface area (Å²) in [6.45, 7) is 7.30. The van der Waals surface area contributed by atoms with E-state index >= 15 is 0 Å². The quantitative estimate of drug-likeness (QED) is 0.785. The average Bonchev–Trinajstić information content (AvgIpc) is 2.41. The third kappa shape index (κ3) is 5.41. The van der Waals surface area contributed by atoms with Crippen molar-refractivity contribution in [2.45, 2.75) is 65.3 Å². The summed E-state index contributed by atoms with van der Waals surface area (Å²) in [5, 5.41) is 9.28. The summed E-state index contributed by atoms with van der Waals surface area (Å²) < 4.78 is 0. The number of aliphatic hydroxyl groups is 1. The number of aliphatic hydroxyl groups excluding tert-OH is 1. The van der Waals surface area contributed by atoms with Crippen molar-refractivity contribution in [1.29, 1.82) is 0 Å². The number of hydrogen-bond acceptors (Lipinski definition) is 3. The maximum Gasteiger partial charge on any atom is 0.227 e. The Bertz CT molecular complexity index is 293. The molecule has 3 N–H and O–H groups in total. The molecule has 4 nitrogen and oxygen atoms in total. The lowest BCUT2D eigenvalue weighted by Gasteiger charge is -2.37. The van der Waals surface area contributed by atoms with Crippen molar-refractivity contribution in [3.8, 4) is 0 Å². The second kappa shape index (κ2) is 7.99. The number of carbonyl (C=O) groups is 1. The first-order chi connectivity index (χ1) is 9.39. The molecule has 4 heteroatoms. The Morgan fingerprint density at radius 1 is 1.30 bits per heavy atom. The molecule has 1 amide bonds. The Labute approximate surface area is 123 Å². The zero-order valence-corrected chi connectivity index (χ0v) is 13.4. The molecule has 0 aromatic heterocycles. The number of carbonyl (C=O) groups excluding carboxylic acids is 1. The van der Waals surface area contributed by atoms with Crippen LogP contribution in [0.4, 0.5) is 0 Å². The minimum Gasteiger partial charge on any atom is -0.395 e. The molecule has 0 aromatic carbocycles. The first kappa shape index (κ1) is 17.4. The molecule has 1 atom stereocenters. The van der Waals surface area contributed by atoms with Crippen molar-refractivity contribution in [3.63, 3.8) is 0 Å². The van der Waals surface area contributed by atoms with E-state index in [1.807, 2.05) is 4.90 Å². The van der Waals surface area contributed by atoms with Gasteiger partial charge >= 0.3 is 0 Å². The number of nitrogens with zero attached hydrogens (tertiary/aromatic N) is 1. The van der Waals surface area contributed by atoms with Gasteiger partial charge < -0.3 is 15.7 Å². The van der Waals surface area contributed by atoms with Gasteiger partial charge in [-0.15, -0.1) is 0 Å². The number of nitrogens with two attached hydrogens (primary N) is 1. The topological polar surface area (TPSA) is 66.6 Å². The lowest BCUT2D eigenvalue weighted by molar-refractivity contribution is -0.140. The van der Waals surface area contributed by atoms with Crippen LogP contribution in [0.1, 0.15) is 59.3 Å². The largest absolute Gasteiger partial charge is 0.395 e. The fourth-order valence-electron chi connectivity index (χ4n) is 3.22. The van der Waals surface area contributed by atoms with Gasteiger partial charge in [0.1, 0.15) is 0 Å². The second-order valence-electron chi connectivity index (χ2n) is 7.24. The molecule has 1 unspecified atom stereocenters. The fraction of sp³-hybridized carbons (Fsp3) is 0.938. The SMILES string of the molecule is CC(C)(C)CC(CN)C(=O)N(CCO)C1CCCCC1. The molecule has 1 saturated carbocycles. The predicted octanol–water partition coefficient (Wildman–Crippen LogP) is 2.15. The first-order valence-corrected chi connectivity index (χ1v) is 8.00. The van der Waals surface area contributed by atoms with E-state index < -0.39 is 0 Å². The maximum absolute atomic E-state index is 12.8. The minimum atomic E-state index is -0.122. The van der Waals surface area contributed by atoms with E-state index in [-0.39, 0.29) is 23.8 Å². The van der Waals surface area contributed by atoms with E-state index in [4.69, 9.17) is 5.73 Å². The van der Waals surface area contributed by atoms with Crippen LogP contribution in [-0.2, 0) is 4.79 Å². The van der Waals surface area contributed by atoms with E-state index in [9.17, 15) is 9.90 Å². The molecule has 1 aliphatic carbocycles. The fourth-order valence-corrected chi connectivity index (χ4v) is 3.22. The van der Waals surface area contributed by atoms with Gasteiger partial charge in [0.25, 0.3) is 0 Å². The highest BCUT2D eigenvalue weighted by Gasteiger charge is 2.31. The van der Waals surface area contributed by atoms with Gasteiger partial charge in [0.15, 0.2) is 0 Å². The van der Waals surface area contributed by atoms with Crippen LogP contribution >= 0.6 is 0 Å². The van der Waals surface area contributed by atoms with Crippen molar-refractivity contribution < 1.29 is 9.90 Å². The zero-order valence-electron chi connectivity index (χ0n) is 13.4. The van der Waals surface area contributed by atoms with Crippen molar-refractivity contribution in [1.82, 2.24) is 4.90 Å². The van der Waals surface area contributed by atoms with E-state index in [0.29, 0.717) is 19.1 Å². The van der Waals surface area contributed by atoms with Crippen molar-refractivity contribution in [3.05, 3.63) is 0 Å². The third-order valence-electron chi connectivity index (χ3n) is 4.13. The van der Waals surface area contributed by atoms with Crippen LogP contribution in [0.2, 0.25) is 0 Å². The van der Waals surface area contributed by atoms with Crippen LogP contribution in [0.5, 0.6) is 0 Å². The van der Waals surface area contributed by atoms with Crippen molar-refractivity contribution >= 4 is 5.91 Å². The summed E-state index contributed by atoms with van der Waals surface area (Å²) in [5.41, 5.74) is 5.93. The molecular weight excluding hydrogens is 252 g/mol. The van der Waals surface area contributed by atoms with Gasteiger partial charge in [-0.1, -0.05) is 40.0 Å². The summed E-state index contributed by atoms with van der Waals surface area (Å²) in [6.07, 6.45) is 6.58. The normalized spacial score (nSPS) is 18.9. The molecule has 0 aromatic rings. The molecule has 0 bridgehead atoms. The Hall–Kier alpha value is -0.610. The predicted molar refractivity (Wildman–Crippen MR) is 82.3 cm³/mol. The monoisotopic (exact) mass is 284 g/mol. The van der Waals surface area contributed by atoms with Gasteiger partial charge in [0.05, 0.1) is 12.5 Å². The van der Waals surface area contributed by atoms with Crippen LogP contribution in [-0.4, -0.2) is 41.7 Å². The maximum atomic E-state index is 12.8. The van der Waals surface area contributed by atoms with Gasteiger partial charge in [-0.3, -0.25) is 4.79 Å². The number of rotatable bonds is 6. The standard InChI is InChI=1S/C16H32N2O2/c1-16(2,3)11-13(12-17)15(20)18(9-10-19)14-7-5-4-6-8-14/h13-14,19H,4-12,17H2,1-3H3. The molecule has 0 aliphatic heterocycles. The highest BCUT2D eigenvalue weighted by atomic mass is 16.3. The highest BCUT2D eigenvalue weighted by molar-refractivity contribution is 5.79. The molecule has 0 heterocycles. The van der Waals surface area contributed by atoms with Gasteiger partial charge in [-0.25, -0.2) is 0 Å². The molecule has 1 aliphatic rings. The average molecular weight is 284 g/mol. The highest BCUT2D eigenvalue weighted by Crippen LogP contribution is 2.28. The molecule has 0 spiro atoms. The Balaban J connectivity index is 2.74. The third-order valence-corrected chi connectivity index (χ3v) is 4.13. The minimum absolute atomic E-state index is 0.0368. The Morgan fingerprint density at radius 2 is 1.90 bits per heavy atom. The van der Waals surface area contributed by atoms with Crippen LogP contribution in [0.15, 0.2) is 0 Å². The van der Waals surface area contributed by atoms with Crippen LogP contribution in [0.3, 0.4) is 0 Å². The Kier molecular flexibility index (Phi) is 6.96. The Morgan fingerprint density at radius 3 is 2.35 bits per heavy atom. The molecule has 0 saturated heterocycles. The lowest BCUT2D eigenvalue weighted by Crippen LogP contribution is -2.48. The van der Waals surface area contributed by atoms with Crippen molar-refractivity contribution in [2.75, 3.05) is 19.7 Å². The molecule has 118 valence electrons. The van der Waals surface area contributed by atoms with E-state index in [1.54, 1.807) is 0 Å². The van der Waals surface area contributed by atoms with Gasteiger partial charge in [0, 0.05) is 19.1 Å². The number of amides is 1. The summed E-state index contributed by atoms with van der Waals surface area (Å²) >= 11 is 0. The van der Waals surface area contributed by atoms with E-state index in [2.05, 4.69) is 20.8 Å². The molecule has 1 fully saturated rings. The summed E-state index contributed by atoms with van der Waals surface area (Å²) in [7, 11) is 0. The van der Waals surface area contributed by atoms with Crippen LogP contribution in [0, 0.1) is 11.3 Å². The van der Waals surface area contributed by atoms with Crippen molar-refractivity contribution in [2.24, 2.45) is 17.1 Å². The molecule has 20 heavy (non-hydrogen) atoms. The summed E-state index contributed by atoms with van der Waals surface area (Å²) in [6, 6.07) is 0.303. The van der Waals surface area contributed by atoms with Crippen LogP contribution < -0.4 is 5.73 Å². The van der Waals surface area contributed by atoms with Gasteiger partial charge in [-0.2, -0.15) is 0 Å². The molecular formula is C16H32N2O2. The number of hydrogen-bond donors (Lipinski definition) is 2. The molecule has 1 rings (SSSR count). The smallest absolute Gasteiger partial charge is 0.227 e. The molecule has 0 radical (unpaired) electrons. The summed E-state index contributed by atoms with van der Waals surface area (Å²) in [4.78, 5) is 14.7. The van der Waals surface area contributed by atoms with E-state index in [0.717, 1.165) is 19.3 Å². The zero-order chi connectivity index (χ0) is 15.2. The van der Waals surface area contributed by atoms with Gasteiger partial charge in [-0.05, 0) is 24.7 Å².